The van der Waals surface area contributed by atoms with Gasteiger partial charge in [-0.05, 0) is 110 Å². The third-order valence-electron chi connectivity index (χ3n) is 14.0. The van der Waals surface area contributed by atoms with Crippen LogP contribution in [0.1, 0.15) is 49.9 Å². The van der Waals surface area contributed by atoms with E-state index in [1.807, 2.05) is 0 Å². The first-order chi connectivity index (χ1) is 30.3. The minimum atomic E-state index is -0.139. The fraction of sp³-hybridized carbons (Fsp3) is 0.100. The Kier molecular flexibility index (Phi) is 7.96. The van der Waals surface area contributed by atoms with Crippen LogP contribution in [0, 0.1) is 0 Å². The van der Waals surface area contributed by atoms with E-state index in [9.17, 15) is 0 Å². The van der Waals surface area contributed by atoms with Crippen molar-refractivity contribution in [2.24, 2.45) is 0 Å². The zero-order chi connectivity index (χ0) is 41.7. The normalized spacial score (nSPS) is 14.1. The molecule has 0 aliphatic heterocycles. The SMILES string of the molecule is CC1(C)c2ccccc2-c2cc(N(c3ccc4c5ccccc5n(-c5ccccc5)c4c3)c3cccc(-c4ccccc4)c3-c3cccc4c3-c3ccccc3C4(C)C)ccc21. The van der Waals surface area contributed by atoms with Crippen LogP contribution in [0.15, 0.2) is 206 Å². The number of hydrogen-bond acceptors (Lipinski definition) is 1. The maximum absolute atomic E-state index is 2.54. The predicted molar refractivity (Wildman–Crippen MR) is 261 cm³/mol. The van der Waals surface area contributed by atoms with Gasteiger partial charge in [-0.15, -0.1) is 0 Å². The fourth-order valence-corrected chi connectivity index (χ4v) is 11.1. The average molecular weight is 795 g/mol. The lowest BCUT2D eigenvalue weighted by Gasteiger charge is -2.31. The second-order valence-electron chi connectivity index (χ2n) is 18.1. The van der Waals surface area contributed by atoms with Crippen LogP contribution >= 0.6 is 0 Å². The van der Waals surface area contributed by atoms with Crippen LogP contribution in [0.2, 0.25) is 0 Å². The molecular formula is C60H46N2. The molecule has 2 aliphatic carbocycles. The molecule has 296 valence electrons. The van der Waals surface area contributed by atoms with Crippen LogP contribution in [0.25, 0.3) is 72.0 Å². The van der Waals surface area contributed by atoms with Crippen molar-refractivity contribution in [2.75, 3.05) is 4.90 Å². The minimum absolute atomic E-state index is 0.103. The molecule has 62 heavy (non-hydrogen) atoms. The van der Waals surface area contributed by atoms with Crippen molar-refractivity contribution >= 4 is 38.9 Å². The second-order valence-corrected chi connectivity index (χ2v) is 18.1. The molecule has 0 radical (unpaired) electrons. The summed E-state index contributed by atoms with van der Waals surface area (Å²) in [5.41, 5.74) is 22.2. The zero-order valence-corrected chi connectivity index (χ0v) is 35.5. The largest absolute Gasteiger partial charge is 0.310 e. The molecule has 0 amide bonds. The Labute approximate surface area is 364 Å². The molecule has 0 saturated heterocycles. The van der Waals surface area contributed by atoms with E-state index in [2.05, 4.69) is 243 Å². The van der Waals surface area contributed by atoms with Gasteiger partial charge in [0.2, 0.25) is 0 Å². The van der Waals surface area contributed by atoms with Crippen molar-refractivity contribution in [3.8, 4) is 50.2 Å². The molecule has 0 saturated carbocycles. The van der Waals surface area contributed by atoms with Crippen molar-refractivity contribution in [1.82, 2.24) is 4.57 Å². The van der Waals surface area contributed by atoms with E-state index in [-0.39, 0.29) is 10.8 Å². The third kappa shape index (κ3) is 5.23. The van der Waals surface area contributed by atoms with Crippen LogP contribution in [0.4, 0.5) is 17.1 Å². The van der Waals surface area contributed by atoms with Gasteiger partial charge < -0.3 is 9.47 Å². The van der Waals surface area contributed by atoms with Gasteiger partial charge in [-0.2, -0.15) is 0 Å². The van der Waals surface area contributed by atoms with E-state index in [4.69, 9.17) is 0 Å². The molecule has 2 heteroatoms. The molecule has 1 aromatic heterocycles. The molecule has 10 aromatic rings. The van der Waals surface area contributed by atoms with Crippen LogP contribution in [-0.4, -0.2) is 4.57 Å². The summed E-state index contributed by atoms with van der Waals surface area (Å²) in [7, 11) is 0. The smallest absolute Gasteiger partial charge is 0.0561 e. The zero-order valence-electron chi connectivity index (χ0n) is 35.5. The summed E-state index contributed by atoms with van der Waals surface area (Å²) in [6, 6.07) is 76.7. The van der Waals surface area contributed by atoms with E-state index in [1.165, 1.54) is 88.6 Å². The molecule has 0 spiro atoms. The Hall–Kier alpha value is -7.42. The highest BCUT2D eigenvalue weighted by molar-refractivity contribution is 6.11. The number of anilines is 3. The predicted octanol–water partition coefficient (Wildman–Crippen LogP) is 16.2. The number of para-hydroxylation sites is 2. The summed E-state index contributed by atoms with van der Waals surface area (Å²) in [6.07, 6.45) is 0. The summed E-state index contributed by atoms with van der Waals surface area (Å²) in [6.45, 7) is 9.48. The van der Waals surface area contributed by atoms with Gasteiger partial charge in [-0.25, -0.2) is 0 Å². The molecule has 2 nitrogen and oxygen atoms in total. The van der Waals surface area contributed by atoms with Gasteiger partial charge in [-0.1, -0.05) is 185 Å². The maximum atomic E-state index is 2.54. The van der Waals surface area contributed by atoms with E-state index in [1.54, 1.807) is 0 Å². The molecule has 12 rings (SSSR count). The lowest BCUT2D eigenvalue weighted by molar-refractivity contribution is 0.660. The Morgan fingerprint density at radius 2 is 0.903 bits per heavy atom. The molecular weight excluding hydrogens is 749 g/mol. The van der Waals surface area contributed by atoms with Crippen molar-refractivity contribution < 1.29 is 0 Å². The number of nitrogens with zero attached hydrogens (tertiary/aromatic N) is 2. The second kappa shape index (κ2) is 13.5. The lowest BCUT2D eigenvalue weighted by Crippen LogP contribution is -2.16. The van der Waals surface area contributed by atoms with Crippen molar-refractivity contribution in [1.29, 1.82) is 0 Å². The summed E-state index contributed by atoms with van der Waals surface area (Å²) >= 11 is 0. The number of fused-ring (bicyclic) bond motifs is 9. The minimum Gasteiger partial charge on any atom is -0.310 e. The first-order valence-corrected chi connectivity index (χ1v) is 21.9. The van der Waals surface area contributed by atoms with Crippen LogP contribution in [-0.2, 0) is 10.8 Å². The van der Waals surface area contributed by atoms with Gasteiger partial charge in [-0.3, -0.25) is 0 Å². The summed E-state index contributed by atoms with van der Waals surface area (Å²) in [5.74, 6) is 0. The first-order valence-electron chi connectivity index (χ1n) is 21.9. The van der Waals surface area contributed by atoms with Gasteiger partial charge in [0.25, 0.3) is 0 Å². The molecule has 9 aromatic carbocycles. The lowest BCUT2D eigenvalue weighted by atomic mass is 9.81. The quantitative estimate of drug-likeness (QED) is 0.163. The Morgan fingerprint density at radius 3 is 1.71 bits per heavy atom. The molecule has 0 fully saturated rings. The van der Waals surface area contributed by atoms with E-state index < -0.39 is 0 Å². The molecule has 0 atom stereocenters. The highest BCUT2D eigenvalue weighted by atomic mass is 15.1. The number of benzene rings is 9. The van der Waals surface area contributed by atoms with Gasteiger partial charge in [0.15, 0.2) is 0 Å². The number of rotatable bonds is 6. The first kappa shape index (κ1) is 36.4. The van der Waals surface area contributed by atoms with Gasteiger partial charge in [0.1, 0.15) is 0 Å². The van der Waals surface area contributed by atoms with Crippen molar-refractivity contribution in [3.05, 3.63) is 229 Å². The highest BCUT2D eigenvalue weighted by Crippen LogP contribution is 2.56. The van der Waals surface area contributed by atoms with Crippen LogP contribution < -0.4 is 4.90 Å². The van der Waals surface area contributed by atoms with E-state index in [0.717, 1.165) is 22.7 Å². The molecule has 1 heterocycles. The summed E-state index contributed by atoms with van der Waals surface area (Å²) < 4.78 is 2.43. The van der Waals surface area contributed by atoms with Gasteiger partial charge in [0, 0.05) is 44.2 Å². The number of aromatic nitrogens is 1. The fourth-order valence-electron chi connectivity index (χ4n) is 11.1. The molecule has 0 N–H and O–H groups in total. The Morgan fingerprint density at radius 1 is 0.355 bits per heavy atom. The number of hydrogen-bond donors (Lipinski definition) is 0. The van der Waals surface area contributed by atoms with E-state index in [0.29, 0.717) is 0 Å². The third-order valence-corrected chi connectivity index (χ3v) is 14.0. The Bertz CT molecular complexity index is 3400. The Balaban J connectivity index is 1.20. The summed E-state index contributed by atoms with van der Waals surface area (Å²) in [5, 5.41) is 2.48. The van der Waals surface area contributed by atoms with Gasteiger partial charge >= 0.3 is 0 Å². The maximum Gasteiger partial charge on any atom is 0.0561 e. The monoisotopic (exact) mass is 794 g/mol. The summed E-state index contributed by atoms with van der Waals surface area (Å²) in [4.78, 5) is 2.54. The van der Waals surface area contributed by atoms with Crippen molar-refractivity contribution in [3.63, 3.8) is 0 Å². The molecule has 0 unspecified atom stereocenters. The van der Waals surface area contributed by atoms with Crippen LogP contribution in [0.3, 0.4) is 0 Å². The molecule has 0 bridgehead atoms. The topological polar surface area (TPSA) is 8.17 Å². The van der Waals surface area contributed by atoms with Crippen LogP contribution in [0.5, 0.6) is 0 Å². The van der Waals surface area contributed by atoms with E-state index >= 15 is 0 Å². The highest BCUT2D eigenvalue weighted by Gasteiger charge is 2.39. The molecule has 2 aliphatic rings. The van der Waals surface area contributed by atoms with Gasteiger partial charge in [0.05, 0.1) is 16.7 Å². The average Bonchev–Trinajstić information content (AvgIpc) is 3.86. The standard InChI is InChI=1S/C60H46N2/c1-59(2)50-28-14-11-23-44(50)49-37-41(34-36-52(49)59)61(42-33-35-46-45-24-13-16-31-54(45)62(56(46)38-42)40-21-9-6-10-22-40)55-32-18-26-43(39-19-7-5-8-20-39)58(55)48-27-17-30-53-57(48)47-25-12-15-29-51(47)60(53,3)4/h5-38H,1-4H3. The van der Waals surface area contributed by atoms with Crippen molar-refractivity contribution in [2.45, 2.75) is 38.5 Å².